The fraction of sp³-hybridized carbons (Fsp3) is 0.333. The Balaban J connectivity index is 2.32. The number of aromatic nitrogens is 5. The lowest BCUT2D eigenvalue weighted by Crippen LogP contribution is -1.98. The molecule has 0 saturated heterocycles. The molecule has 6 nitrogen and oxygen atoms in total. The largest absolute Gasteiger partial charge is 0.357 e. The summed E-state index contributed by atoms with van der Waals surface area (Å²) in [7, 11) is 3.65. The summed E-state index contributed by atoms with van der Waals surface area (Å²) >= 11 is 7.39. The first-order valence-corrected chi connectivity index (χ1v) is 6.05. The summed E-state index contributed by atoms with van der Waals surface area (Å²) in [6.07, 6.45) is 1.56. The number of nitrogens with zero attached hydrogens (tertiary/aromatic N) is 5. The zero-order valence-corrected chi connectivity index (χ0v) is 11.2. The van der Waals surface area contributed by atoms with Crippen molar-refractivity contribution in [2.75, 3.05) is 12.4 Å². The number of halogens is 1. The average molecular weight is 271 g/mol. The van der Waals surface area contributed by atoms with Crippen molar-refractivity contribution in [2.45, 2.75) is 17.1 Å². The van der Waals surface area contributed by atoms with Crippen LogP contribution >= 0.6 is 23.4 Å². The summed E-state index contributed by atoms with van der Waals surface area (Å²) in [5.74, 6) is 1.36. The van der Waals surface area contributed by atoms with Crippen molar-refractivity contribution in [2.24, 2.45) is 7.05 Å². The summed E-state index contributed by atoms with van der Waals surface area (Å²) in [5, 5.41) is 12.8. The van der Waals surface area contributed by atoms with Gasteiger partial charge in [-0.15, -0.1) is 10.2 Å². The molecule has 0 spiro atoms. The normalized spacial score (nSPS) is 10.6. The van der Waals surface area contributed by atoms with E-state index in [1.54, 1.807) is 13.2 Å². The summed E-state index contributed by atoms with van der Waals surface area (Å²) in [5.41, 5.74) is 0. The van der Waals surface area contributed by atoms with Gasteiger partial charge in [0.25, 0.3) is 0 Å². The molecule has 0 atom stereocenters. The Morgan fingerprint density at radius 3 is 2.76 bits per heavy atom. The molecule has 0 aliphatic carbocycles. The Morgan fingerprint density at radius 1 is 1.41 bits per heavy atom. The molecular formula is C9H11ClN6S. The quantitative estimate of drug-likeness (QED) is 0.857. The second-order valence-electron chi connectivity index (χ2n) is 3.29. The third-order valence-corrected chi connectivity index (χ3v) is 3.61. The fourth-order valence-corrected chi connectivity index (χ4v) is 2.12. The van der Waals surface area contributed by atoms with Gasteiger partial charge in [-0.25, -0.2) is 9.97 Å². The first kappa shape index (κ1) is 12.1. The highest BCUT2D eigenvalue weighted by Gasteiger charge is 2.12. The molecule has 0 amide bonds. The van der Waals surface area contributed by atoms with E-state index in [2.05, 4.69) is 25.5 Å². The topological polar surface area (TPSA) is 68.5 Å². The minimum Gasteiger partial charge on any atom is -0.357 e. The van der Waals surface area contributed by atoms with Crippen LogP contribution in [0.5, 0.6) is 0 Å². The van der Waals surface area contributed by atoms with Crippen molar-refractivity contribution in [3.05, 3.63) is 17.0 Å². The molecule has 0 aromatic carbocycles. The maximum atomic E-state index is 6.03. The van der Waals surface area contributed by atoms with E-state index in [0.717, 1.165) is 11.0 Å². The predicted octanol–water partition coefficient (Wildman–Crippen LogP) is 1.76. The van der Waals surface area contributed by atoms with Crippen LogP contribution in [0.15, 0.2) is 16.4 Å². The Labute approximate surface area is 108 Å². The molecule has 2 heterocycles. The molecule has 0 aliphatic rings. The van der Waals surface area contributed by atoms with Crippen molar-refractivity contribution >= 4 is 29.3 Å². The van der Waals surface area contributed by atoms with Crippen molar-refractivity contribution in [3.8, 4) is 0 Å². The van der Waals surface area contributed by atoms with Gasteiger partial charge >= 0.3 is 0 Å². The zero-order valence-electron chi connectivity index (χ0n) is 9.60. The maximum absolute atomic E-state index is 6.03. The van der Waals surface area contributed by atoms with Crippen LogP contribution in [-0.2, 0) is 7.05 Å². The third kappa shape index (κ3) is 2.50. The van der Waals surface area contributed by atoms with Gasteiger partial charge in [0.05, 0.1) is 11.2 Å². The minimum atomic E-state index is 0.495. The molecule has 2 aromatic heterocycles. The first-order valence-electron chi connectivity index (χ1n) is 4.86. The number of hydrogen-bond acceptors (Lipinski definition) is 6. The maximum Gasteiger partial charge on any atom is 0.223 e. The molecule has 1 N–H and O–H groups in total. The van der Waals surface area contributed by atoms with Crippen LogP contribution in [0.25, 0.3) is 0 Å². The van der Waals surface area contributed by atoms with E-state index in [1.165, 1.54) is 11.8 Å². The fourth-order valence-electron chi connectivity index (χ4n) is 1.11. The first-order chi connectivity index (χ1) is 8.11. The van der Waals surface area contributed by atoms with Crippen LogP contribution in [0, 0.1) is 6.92 Å². The van der Waals surface area contributed by atoms with E-state index in [1.807, 2.05) is 18.5 Å². The van der Waals surface area contributed by atoms with E-state index < -0.39 is 0 Å². The van der Waals surface area contributed by atoms with Gasteiger partial charge in [0.2, 0.25) is 5.95 Å². The van der Waals surface area contributed by atoms with Gasteiger partial charge in [-0.3, -0.25) is 0 Å². The average Bonchev–Trinajstić information content (AvgIpc) is 2.64. The summed E-state index contributed by atoms with van der Waals surface area (Å²) < 4.78 is 1.88. The summed E-state index contributed by atoms with van der Waals surface area (Å²) in [6, 6.07) is 0. The van der Waals surface area contributed by atoms with Gasteiger partial charge in [0, 0.05) is 14.1 Å². The molecule has 0 fully saturated rings. The highest BCUT2D eigenvalue weighted by Crippen LogP contribution is 2.30. The van der Waals surface area contributed by atoms with Gasteiger partial charge in [-0.05, 0) is 18.7 Å². The molecule has 0 unspecified atom stereocenters. The molecule has 0 aliphatic heterocycles. The van der Waals surface area contributed by atoms with Gasteiger partial charge < -0.3 is 9.88 Å². The van der Waals surface area contributed by atoms with Crippen LogP contribution in [0.3, 0.4) is 0 Å². The lowest BCUT2D eigenvalue weighted by atomic mass is 10.6. The Kier molecular flexibility index (Phi) is 3.49. The van der Waals surface area contributed by atoms with Crippen molar-refractivity contribution in [1.82, 2.24) is 24.7 Å². The minimum absolute atomic E-state index is 0.495. The number of aryl methyl sites for hydroxylation is 1. The monoisotopic (exact) mass is 270 g/mol. The second kappa shape index (κ2) is 4.89. The van der Waals surface area contributed by atoms with Gasteiger partial charge in [0.15, 0.2) is 5.16 Å². The Morgan fingerprint density at radius 2 is 2.18 bits per heavy atom. The highest BCUT2D eigenvalue weighted by molar-refractivity contribution is 7.99. The molecular weight excluding hydrogens is 260 g/mol. The van der Waals surface area contributed by atoms with Crippen LogP contribution in [-0.4, -0.2) is 31.8 Å². The molecule has 90 valence electrons. The van der Waals surface area contributed by atoms with Crippen LogP contribution in [0.4, 0.5) is 5.95 Å². The van der Waals surface area contributed by atoms with E-state index >= 15 is 0 Å². The predicted molar refractivity (Wildman–Crippen MR) is 66.5 cm³/mol. The molecule has 2 aromatic rings. The lowest BCUT2D eigenvalue weighted by Gasteiger charge is -2.04. The van der Waals surface area contributed by atoms with Crippen molar-refractivity contribution in [3.63, 3.8) is 0 Å². The van der Waals surface area contributed by atoms with E-state index in [9.17, 15) is 0 Å². The van der Waals surface area contributed by atoms with E-state index in [4.69, 9.17) is 11.6 Å². The van der Waals surface area contributed by atoms with Gasteiger partial charge in [-0.1, -0.05) is 11.6 Å². The van der Waals surface area contributed by atoms with Crippen LogP contribution in [0.1, 0.15) is 5.82 Å². The van der Waals surface area contributed by atoms with Crippen LogP contribution in [0.2, 0.25) is 5.02 Å². The molecule has 0 bridgehead atoms. The van der Waals surface area contributed by atoms with Gasteiger partial charge in [-0.2, -0.15) is 0 Å². The zero-order chi connectivity index (χ0) is 12.4. The SMILES string of the molecule is CNc1ncc(Cl)c(Sc2nnc(C)n2C)n1. The van der Waals surface area contributed by atoms with E-state index in [0.29, 0.717) is 16.0 Å². The number of rotatable bonds is 3. The van der Waals surface area contributed by atoms with Gasteiger partial charge in [0.1, 0.15) is 10.9 Å². The number of anilines is 1. The number of nitrogens with one attached hydrogen (secondary N) is 1. The van der Waals surface area contributed by atoms with Crippen molar-refractivity contribution < 1.29 is 0 Å². The molecule has 8 heteroatoms. The van der Waals surface area contributed by atoms with Crippen molar-refractivity contribution in [1.29, 1.82) is 0 Å². The Bertz CT molecular complexity index is 540. The summed E-state index contributed by atoms with van der Waals surface area (Å²) in [4.78, 5) is 8.28. The molecule has 0 radical (unpaired) electrons. The highest BCUT2D eigenvalue weighted by atomic mass is 35.5. The molecule has 2 rings (SSSR count). The Hall–Kier alpha value is -1.34. The smallest absolute Gasteiger partial charge is 0.223 e. The lowest BCUT2D eigenvalue weighted by molar-refractivity contribution is 0.764. The second-order valence-corrected chi connectivity index (χ2v) is 4.65. The standard InChI is InChI=1S/C9H11ClN6S/c1-5-14-15-9(16(5)3)17-7-6(10)4-12-8(11-2)13-7/h4H,1-3H3,(H,11,12,13). The number of hydrogen-bond donors (Lipinski definition) is 1. The van der Waals surface area contributed by atoms with E-state index in [-0.39, 0.29) is 0 Å². The summed E-state index contributed by atoms with van der Waals surface area (Å²) in [6.45, 7) is 1.89. The third-order valence-electron chi connectivity index (χ3n) is 2.18. The molecule has 0 saturated carbocycles. The molecule has 17 heavy (non-hydrogen) atoms. The van der Waals surface area contributed by atoms with Crippen LogP contribution < -0.4 is 5.32 Å².